The SMILES string of the molecule is Cc1cccc(-c2ccn(-c3cc(N4CCOCC4)c4nc(N5CCN(S(C)(=O)=O)CC5)oc4n3)n2)c1. The molecule has 37 heavy (non-hydrogen) atoms. The maximum atomic E-state index is 11.9. The Bertz CT molecular complexity index is 1530. The number of aryl methyl sites for hydroxylation is 1. The van der Waals surface area contributed by atoms with Crippen LogP contribution in [0.15, 0.2) is 47.0 Å². The lowest BCUT2D eigenvalue weighted by molar-refractivity contribution is 0.123. The van der Waals surface area contributed by atoms with Crippen molar-refractivity contribution in [3.05, 3.63) is 48.2 Å². The van der Waals surface area contributed by atoms with Crippen molar-refractivity contribution in [1.82, 2.24) is 24.1 Å². The molecule has 0 unspecified atom stereocenters. The third-order valence-electron chi connectivity index (χ3n) is 6.79. The van der Waals surface area contributed by atoms with Crippen molar-refractivity contribution in [2.24, 2.45) is 0 Å². The van der Waals surface area contributed by atoms with Gasteiger partial charge in [0.15, 0.2) is 11.3 Å². The molecular formula is C25H29N7O4S. The molecule has 0 aliphatic carbocycles. The maximum Gasteiger partial charge on any atom is 0.299 e. The predicted molar refractivity (Wildman–Crippen MR) is 141 cm³/mol. The summed E-state index contributed by atoms with van der Waals surface area (Å²) in [6, 6.07) is 12.7. The summed E-state index contributed by atoms with van der Waals surface area (Å²) < 4.78 is 38.8. The molecule has 2 saturated heterocycles. The first kappa shape index (κ1) is 23.9. The zero-order valence-electron chi connectivity index (χ0n) is 20.9. The van der Waals surface area contributed by atoms with Crippen LogP contribution in [0.5, 0.6) is 0 Å². The van der Waals surface area contributed by atoms with Crippen molar-refractivity contribution < 1.29 is 17.6 Å². The fraction of sp³-hybridized carbons (Fsp3) is 0.400. The van der Waals surface area contributed by atoms with E-state index in [4.69, 9.17) is 24.2 Å². The van der Waals surface area contributed by atoms with Crippen LogP contribution in [-0.4, -0.2) is 91.2 Å². The number of anilines is 2. The molecule has 1 aromatic carbocycles. The van der Waals surface area contributed by atoms with E-state index in [0.29, 0.717) is 62.5 Å². The van der Waals surface area contributed by atoms with Gasteiger partial charge in [-0.15, -0.1) is 0 Å². The number of fused-ring (bicyclic) bond motifs is 1. The third-order valence-corrected chi connectivity index (χ3v) is 8.09. The molecule has 3 aromatic heterocycles. The van der Waals surface area contributed by atoms with Crippen molar-refractivity contribution in [2.75, 3.05) is 68.5 Å². The van der Waals surface area contributed by atoms with Gasteiger partial charge in [-0.2, -0.15) is 19.4 Å². The van der Waals surface area contributed by atoms with Crippen LogP contribution in [0.4, 0.5) is 11.7 Å². The smallest absolute Gasteiger partial charge is 0.299 e. The Labute approximate surface area is 215 Å². The summed E-state index contributed by atoms with van der Waals surface area (Å²) in [7, 11) is -3.22. The van der Waals surface area contributed by atoms with Crippen LogP contribution >= 0.6 is 0 Å². The molecule has 0 radical (unpaired) electrons. The molecule has 2 aliphatic rings. The fourth-order valence-electron chi connectivity index (χ4n) is 4.79. The van der Waals surface area contributed by atoms with Crippen molar-refractivity contribution in [1.29, 1.82) is 0 Å². The van der Waals surface area contributed by atoms with E-state index in [9.17, 15) is 8.42 Å². The van der Waals surface area contributed by atoms with Gasteiger partial charge in [0.25, 0.3) is 11.7 Å². The van der Waals surface area contributed by atoms with Gasteiger partial charge in [-0.3, -0.25) is 0 Å². The number of ether oxygens (including phenoxy) is 1. The lowest BCUT2D eigenvalue weighted by Gasteiger charge is -2.32. The average molecular weight is 524 g/mol. The largest absolute Gasteiger partial charge is 0.404 e. The second-order valence-corrected chi connectivity index (χ2v) is 11.4. The molecule has 194 valence electrons. The maximum absolute atomic E-state index is 11.9. The summed E-state index contributed by atoms with van der Waals surface area (Å²) in [6.07, 6.45) is 3.14. The summed E-state index contributed by atoms with van der Waals surface area (Å²) in [6.45, 7) is 6.59. The molecule has 2 aliphatic heterocycles. The van der Waals surface area contributed by atoms with Gasteiger partial charge in [0, 0.05) is 57.1 Å². The molecule has 0 spiro atoms. The Morgan fingerprint density at radius 3 is 2.43 bits per heavy atom. The van der Waals surface area contributed by atoms with E-state index in [-0.39, 0.29) is 0 Å². The van der Waals surface area contributed by atoms with Crippen LogP contribution in [0.2, 0.25) is 0 Å². The molecule has 11 nitrogen and oxygen atoms in total. The fourth-order valence-corrected chi connectivity index (χ4v) is 5.62. The van der Waals surface area contributed by atoms with Gasteiger partial charge in [0.05, 0.1) is 30.9 Å². The molecule has 6 rings (SSSR count). The van der Waals surface area contributed by atoms with Gasteiger partial charge >= 0.3 is 0 Å². The van der Waals surface area contributed by atoms with Crippen LogP contribution in [0.1, 0.15) is 5.56 Å². The molecule has 4 aromatic rings. The summed E-state index contributed by atoms with van der Waals surface area (Å²) in [4.78, 5) is 13.8. The molecule has 2 fully saturated rings. The molecule has 12 heteroatoms. The second kappa shape index (κ2) is 9.43. The highest BCUT2D eigenvalue weighted by Crippen LogP contribution is 2.32. The lowest BCUT2D eigenvalue weighted by Crippen LogP contribution is -2.48. The van der Waals surface area contributed by atoms with Crippen LogP contribution in [0.25, 0.3) is 28.3 Å². The normalized spacial score (nSPS) is 17.6. The molecule has 0 bridgehead atoms. The zero-order valence-corrected chi connectivity index (χ0v) is 21.7. The quantitative estimate of drug-likeness (QED) is 0.389. The summed E-state index contributed by atoms with van der Waals surface area (Å²) >= 11 is 0. The van der Waals surface area contributed by atoms with Crippen molar-refractivity contribution >= 4 is 33.0 Å². The van der Waals surface area contributed by atoms with Crippen molar-refractivity contribution in [3.8, 4) is 17.1 Å². The highest BCUT2D eigenvalue weighted by molar-refractivity contribution is 7.88. The van der Waals surface area contributed by atoms with Crippen LogP contribution in [0.3, 0.4) is 0 Å². The average Bonchev–Trinajstić information content (AvgIpc) is 3.56. The summed E-state index contributed by atoms with van der Waals surface area (Å²) in [5.41, 5.74) is 5.10. The number of piperazine rings is 1. The van der Waals surface area contributed by atoms with Crippen LogP contribution in [0, 0.1) is 6.92 Å². The Morgan fingerprint density at radius 2 is 1.70 bits per heavy atom. The van der Waals surface area contributed by atoms with E-state index >= 15 is 0 Å². The predicted octanol–water partition coefficient (Wildman–Crippen LogP) is 2.30. The number of pyridine rings is 1. The number of hydrogen-bond donors (Lipinski definition) is 0. The van der Waals surface area contributed by atoms with Gasteiger partial charge in [-0.25, -0.2) is 13.1 Å². The minimum atomic E-state index is -3.22. The first-order chi connectivity index (χ1) is 17.8. The van der Waals surface area contributed by atoms with Crippen molar-refractivity contribution in [3.63, 3.8) is 0 Å². The second-order valence-electron chi connectivity index (χ2n) is 9.41. The molecule has 0 amide bonds. The lowest BCUT2D eigenvalue weighted by atomic mass is 10.1. The Balaban J connectivity index is 1.37. The summed E-state index contributed by atoms with van der Waals surface area (Å²) in [5.74, 6) is 0.637. The number of nitrogens with zero attached hydrogens (tertiary/aromatic N) is 7. The van der Waals surface area contributed by atoms with E-state index in [0.717, 1.165) is 30.0 Å². The molecule has 5 heterocycles. The van der Waals surface area contributed by atoms with Crippen molar-refractivity contribution in [2.45, 2.75) is 6.92 Å². The number of sulfonamides is 1. The Morgan fingerprint density at radius 1 is 0.919 bits per heavy atom. The Kier molecular flexibility index (Phi) is 6.09. The van der Waals surface area contributed by atoms with Gasteiger partial charge < -0.3 is 19.0 Å². The number of oxazole rings is 1. The Hall–Kier alpha value is -3.48. The highest BCUT2D eigenvalue weighted by Gasteiger charge is 2.28. The van der Waals surface area contributed by atoms with Crippen LogP contribution in [-0.2, 0) is 14.8 Å². The van der Waals surface area contributed by atoms with Gasteiger partial charge in [0.2, 0.25) is 10.0 Å². The molecule has 0 N–H and O–H groups in total. The zero-order chi connectivity index (χ0) is 25.6. The van der Waals surface area contributed by atoms with E-state index < -0.39 is 10.0 Å². The number of morpholine rings is 1. The minimum Gasteiger partial charge on any atom is -0.404 e. The van der Waals surface area contributed by atoms with Gasteiger partial charge in [-0.1, -0.05) is 23.8 Å². The molecule has 0 atom stereocenters. The summed E-state index contributed by atoms with van der Waals surface area (Å²) in [5, 5.41) is 4.79. The first-order valence-electron chi connectivity index (χ1n) is 12.3. The highest BCUT2D eigenvalue weighted by atomic mass is 32.2. The van der Waals surface area contributed by atoms with Gasteiger partial charge in [-0.05, 0) is 19.1 Å². The standard InChI is InChI=1S/C25H29N7O4S/c1-18-4-3-5-19(16-18)20-6-7-32(28-20)22-17-21(29-12-14-35-15-13-29)23-24(26-22)36-25(27-23)30-8-10-31(11-9-30)37(2,33)34/h3-7,16-17H,8-15H2,1-2H3. The number of hydrogen-bond acceptors (Lipinski definition) is 9. The number of rotatable bonds is 5. The molecule has 0 saturated carbocycles. The number of benzene rings is 1. The first-order valence-corrected chi connectivity index (χ1v) is 14.2. The minimum absolute atomic E-state index is 0.390. The topological polar surface area (TPSA) is 110 Å². The van der Waals surface area contributed by atoms with E-state index in [1.54, 1.807) is 4.68 Å². The molecular weight excluding hydrogens is 494 g/mol. The van der Waals surface area contributed by atoms with E-state index in [1.165, 1.54) is 16.1 Å². The van der Waals surface area contributed by atoms with Gasteiger partial charge in [0.1, 0.15) is 0 Å². The van der Waals surface area contributed by atoms with E-state index in [1.807, 2.05) is 35.4 Å². The monoisotopic (exact) mass is 523 g/mol. The number of aromatic nitrogens is 4. The third kappa shape index (κ3) is 4.79. The van der Waals surface area contributed by atoms with E-state index in [2.05, 4.69) is 24.0 Å². The van der Waals surface area contributed by atoms with Crippen LogP contribution < -0.4 is 9.80 Å².